The Kier molecular flexibility index (Phi) is 0.802. The molecule has 2 amide bonds. The summed E-state index contributed by atoms with van der Waals surface area (Å²) in [5.74, 6) is -2.11. The van der Waals surface area contributed by atoms with E-state index in [0.717, 1.165) is 0 Å². The average molecular weight is 112 g/mol. The molecule has 1 radical (unpaired) electrons. The van der Waals surface area contributed by atoms with Crippen molar-refractivity contribution in [2.24, 2.45) is 0 Å². The number of imide groups is 1. The van der Waals surface area contributed by atoms with E-state index in [4.69, 9.17) is 5.11 Å². The smallest absolute Gasteiger partial charge is 0.293 e. The molecular formula is C4H2NO3. The molecule has 8 heavy (non-hydrogen) atoms. The minimum absolute atomic E-state index is 0.644. The Balaban J connectivity index is 2.88. The number of rotatable bonds is 0. The molecule has 0 unspecified atom stereocenters. The van der Waals surface area contributed by atoms with Crippen LogP contribution in [0.25, 0.3) is 0 Å². The Morgan fingerprint density at radius 3 is 2.25 bits per heavy atom. The van der Waals surface area contributed by atoms with E-state index in [9.17, 15) is 9.59 Å². The molecule has 0 aromatic heterocycles. The third-order valence-corrected chi connectivity index (χ3v) is 0.674. The summed E-state index contributed by atoms with van der Waals surface area (Å²) < 4.78 is 0. The van der Waals surface area contributed by atoms with Crippen molar-refractivity contribution in [3.05, 3.63) is 11.8 Å². The molecule has 0 saturated carbocycles. The number of hydrogen-bond acceptors (Lipinski definition) is 3. The van der Waals surface area contributed by atoms with E-state index in [2.05, 4.69) is 0 Å². The molecule has 0 bridgehead atoms. The van der Waals surface area contributed by atoms with E-state index in [1.165, 1.54) is 0 Å². The molecule has 0 aromatic carbocycles. The fourth-order valence-corrected chi connectivity index (χ4v) is 0.358. The second-order valence-electron chi connectivity index (χ2n) is 1.26. The molecule has 1 aliphatic heterocycles. The SMILES string of the molecule is O=C1[C]=C(O)C(=O)N1. The van der Waals surface area contributed by atoms with Gasteiger partial charge in [-0.1, -0.05) is 0 Å². The van der Waals surface area contributed by atoms with Gasteiger partial charge in [-0.15, -0.1) is 0 Å². The van der Waals surface area contributed by atoms with Crippen molar-refractivity contribution >= 4 is 11.8 Å². The lowest BCUT2D eigenvalue weighted by Gasteiger charge is -1.83. The van der Waals surface area contributed by atoms with Gasteiger partial charge >= 0.3 is 0 Å². The van der Waals surface area contributed by atoms with Crippen molar-refractivity contribution in [3.8, 4) is 0 Å². The third-order valence-electron chi connectivity index (χ3n) is 0.674. The number of aliphatic hydroxyl groups is 1. The number of nitrogens with one attached hydrogen (secondary N) is 1. The lowest BCUT2D eigenvalue weighted by atomic mass is 10.5. The van der Waals surface area contributed by atoms with Crippen molar-refractivity contribution < 1.29 is 14.7 Å². The summed E-state index contributed by atoms with van der Waals surface area (Å²) in [6.07, 6.45) is 1.84. The van der Waals surface area contributed by atoms with Crippen LogP contribution in [-0.2, 0) is 9.59 Å². The van der Waals surface area contributed by atoms with Gasteiger partial charge in [0.15, 0.2) is 5.76 Å². The first-order valence-electron chi connectivity index (χ1n) is 1.88. The Bertz CT molecular complexity index is 182. The molecule has 4 nitrogen and oxygen atoms in total. The highest BCUT2D eigenvalue weighted by Gasteiger charge is 2.19. The zero-order valence-electron chi connectivity index (χ0n) is 3.76. The van der Waals surface area contributed by atoms with Crippen LogP contribution in [-0.4, -0.2) is 16.9 Å². The summed E-state index contributed by atoms with van der Waals surface area (Å²) in [5, 5.41) is 10.1. The normalized spacial score (nSPS) is 18.2. The van der Waals surface area contributed by atoms with E-state index in [-0.39, 0.29) is 0 Å². The van der Waals surface area contributed by atoms with Crippen LogP contribution < -0.4 is 5.32 Å². The first-order chi connectivity index (χ1) is 3.70. The van der Waals surface area contributed by atoms with Crippen LogP contribution in [0.4, 0.5) is 0 Å². The zero-order chi connectivity index (χ0) is 6.15. The minimum atomic E-state index is -0.782. The van der Waals surface area contributed by atoms with Crippen molar-refractivity contribution in [3.63, 3.8) is 0 Å². The van der Waals surface area contributed by atoms with E-state index in [0.29, 0.717) is 0 Å². The monoisotopic (exact) mass is 112 g/mol. The topological polar surface area (TPSA) is 66.4 Å². The fraction of sp³-hybridized carbons (Fsp3) is 0. The van der Waals surface area contributed by atoms with Crippen molar-refractivity contribution in [2.45, 2.75) is 0 Å². The minimum Gasteiger partial charge on any atom is -0.502 e. The van der Waals surface area contributed by atoms with Gasteiger partial charge in [-0.2, -0.15) is 0 Å². The van der Waals surface area contributed by atoms with Crippen molar-refractivity contribution in [1.82, 2.24) is 5.32 Å². The van der Waals surface area contributed by atoms with E-state index < -0.39 is 17.6 Å². The fourth-order valence-electron chi connectivity index (χ4n) is 0.358. The summed E-state index contributed by atoms with van der Waals surface area (Å²) in [6, 6.07) is 0. The largest absolute Gasteiger partial charge is 0.502 e. The maximum Gasteiger partial charge on any atom is 0.293 e. The van der Waals surface area contributed by atoms with Crippen LogP contribution in [0.15, 0.2) is 5.76 Å². The van der Waals surface area contributed by atoms with E-state index >= 15 is 0 Å². The molecule has 2 N–H and O–H groups in total. The molecule has 1 aliphatic rings. The summed E-state index contributed by atoms with van der Waals surface area (Å²) >= 11 is 0. The van der Waals surface area contributed by atoms with Crippen LogP contribution in [0.3, 0.4) is 0 Å². The second kappa shape index (κ2) is 1.33. The molecule has 1 heterocycles. The predicted molar refractivity (Wildman–Crippen MR) is 22.5 cm³/mol. The van der Waals surface area contributed by atoms with Gasteiger partial charge < -0.3 is 5.11 Å². The summed E-state index contributed by atoms with van der Waals surface area (Å²) in [5.41, 5.74) is 0. The van der Waals surface area contributed by atoms with Gasteiger partial charge in [0.25, 0.3) is 11.8 Å². The summed E-state index contributed by atoms with van der Waals surface area (Å²) in [4.78, 5) is 20.1. The first-order valence-corrected chi connectivity index (χ1v) is 1.88. The van der Waals surface area contributed by atoms with Crippen LogP contribution in [0.5, 0.6) is 0 Å². The lowest BCUT2D eigenvalue weighted by Crippen LogP contribution is -2.22. The van der Waals surface area contributed by atoms with E-state index in [1.807, 2.05) is 6.08 Å². The standard InChI is InChI=1S/C4H2NO3/c6-2-1-3(7)5-4(2)8/h(H2,5,6,7,8). The van der Waals surface area contributed by atoms with Crippen LogP contribution in [0, 0.1) is 6.08 Å². The molecule has 0 saturated heterocycles. The molecule has 0 fully saturated rings. The van der Waals surface area contributed by atoms with E-state index in [1.54, 1.807) is 5.32 Å². The summed E-state index contributed by atoms with van der Waals surface area (Å²) in [7, 11) is 0. The van der Waals surface area contributed by atoms with Crippen molar-refractivity contribution in [1.29, 1.82) is 0 Å². The van der Waals surface area contributed by atoms with Crippen LogP contribution >= 0.6 is 0 Å². The van der Waals surface area contributed by atoms with Gasteiger partial charge in [0.2, 0.25) is 0 Å². The Morgan fingerprint density at radius 2 is 2.12 bits per heavy atom. The van der Waals surface area contributed by atoms with Gasteiger partial charge in [-0.25, -0.2) is 0 Å². The van der Waals surface area contributed by atoms with Gasteiger partial charge in [0.05, 0.1) is 0 Å². The number of hydrogen-bond donors (Lipinski definition) is 2. The quantitative estimate of drug-likeness (QED) is 0.390. The molecule has 0 atom stereocenters. The van der Waals surface area contributed by atoms with Gasteiger partial charge in [-0.3, -0.25) is 14.9 Å². The Hall–Kier alpha value is -1.32. The lowest BCUT2D eigenvalue weighted by molar-refractivity contribution is -0.125. The molecule has 0 aliphatic carbocycles. The second-order valence-corrected chi connectivity index (χ2v) is 1.26. The number of carbonyl (C=O) groups excluding carboxylic acids is 2. The molecule has 1 rings (SSSR count). The predicted octanol–water partition coefficient (Wildman–Crippen LogP) is -1.11. The Morgan fingerprint density at radius 1 is 1.50 bits per heavy atom. The highest BCUT2D eigenvalue weighted by molar-refractivity contribution is 6.12. The maximum absolute atomic E-state index is 10.1. The van der Waals surface area contributed by atoms with Crippen molar-refractivity contribution in [2.75, 3.05) is 0 Å². The highest BCUT2D eigenvalue weighted by Crippen LogP contribution is 1.93. The Labute approximate surface area is 44.8 Å². The van der Waals surface area contributed by atoms with Crippen LogP contribution in [0.1, 0.15) is 0 Å². The highest BCUT2D eigenvalue weighted by atomic mass is 16.3. The number of aliphatic hydroxyl groups excluding tert-OH is 1. The van der Waals surface area contributed by atoms with Gasteiger partial charge in [-0.05, 0) is 0 Å². The number of carbonyl (C=O) groups is 2. The van der Waals surface area contributed by atoms with Crippen LogP contribution in [0.2, 0.25) is 0 Å². The molecule has 4 heteroatoms. The summed E-state index contributed by atoms with van der Waals surface area (Å²) in [6.45, 7) is 0. The molecule has 0 spiro atoms. The number of amides is 2. The average Bonchev–Trinajstić information content (AvgIpc) is 1.85. The van der Waals surface area contributed by atoms with Gasteiger partial charge in [0, 0.05) is 0 Å². The third kappa shape index (κ3) is 0.556. The van der Waals surface area contributed by atoms with Gasteiger partial charge in [0.1, 0.15) is 6.08 Å². The first kappa shape index (κ1) is 4.83. The molecule has 0 aromatic rings. The molecule has 41 valence electrons. The zero-order valence-corrected chi connectivity index (χ0v) is 3.76. The maximum atomic E-state index is 10.1. The molecular weight excluding hydrogens is 110 g/mol.